The maximum absolute atomic E-state index is 2.59. The quantitative estimate of drug-likeness (QED) is 0.560. The first-order valence-electron chi connectivity index (χ1n) is 4.78. The van der Waals surface area contributed by atoms with Crippen LogP contribution in [0, 0.1) is 18.3 Å². The van der Waals surface area contributed by atoms with Crippen molar-refractivity contribution in [2.45, 2.75) is 44.9 Å². The Balaban J connectivity index is 1.54. The second kappa shape index (κ2) is 2.94. The first-order valence-corrected chi connectivity index (χ1v) is 4.78. The molecule has 0 nitrogen and oxygen atoms in total. The van der Waals surface area contributed by atoms with E-state index in [4.69, 9.17) is 0 Å². The van der Waals surface area contributed by atoms with Gasteiger partial charge >= 0.3 is 0 Å². The van der Waals surface area contributed by atoms with E-state index in [0.717, 1.165) is 11.8 Å². The average molecular weight is 137 g/mol. The van der Waals surface area contributed by atoms with Crippen LogP contribution >= 0.6 is 0 Å². The molecule has 1 radical (unpaired) electrons. The van der Waals surface area contributed by atoms with Gasteiger partial charge in [0.15, 0.2) is 0 Å². The highest BCUT2D eigenvalue weighted by Gasteiger charge is 2.22. The lowest BCUT2D eigenvalue weighted by molar-refractivity contribution is 0.277. The van der Waals surface area contributed by atoms with Crippen LogP contribution in [0.2, 0.25) is 0 Å². The lowest BCUT2D eigenvalue weighted by Gasteiger charge is -2.30. The van der Waals surface area contributed by atoms with Gasteiger partial charge in [-0.25, -0.2) is 0 Å². The third-order valence-electron chi connectivity index (χ3n) is 3.18. The number of hydrogen-bond acceptors (Lipinski definition) is 0. The van der Waals surface area contributed by atoms with Gasteiger partial charge < -0.3 is 0 Å². The van der Waals surface area contributed by atoms with Crippen LogP contribution in [-0.2, 0) is 0 Å². The first-order chi connectivity index (χ1) is 4.95. The van der Waals surface area contributed by atoms with Crippen LogP contribution in [-0.4, -0.2) is 0 Å². The molecule has 0 heteroatoms. The minimum atomic E-state index is 1.03. The molecular weight excluding hydrogens is 120 g/mol. The first kappa shape index (κ1) is 6.69. The summed E-state index contributed by atoms with van der Waals surface area (Å²) in [7, 11) is 0. The fourth-order valence-electron chi connectivity index (χ4n) is 1.79. The van der Waals surface area contributed by atoms with Gasteiger partial charge in [0.05, 0.1) is 0 Å². The van der Waals surface area contributed by atoms with E-state index in [-0.39, 0.29) is 0 Å². The minimum Gasteiger partial charge on any atom is -0.0528 e. The molecule has 2 fully saturated rings. The number of rotatable bonds is 3. The van der Waals surface area contributed by atoms with Crippen LogP contribution in [0.5, 0.6) is 0 Å². The average Bonchev–Trinajstić information content (AvgIpc) is 1.70. The van der Waals surface area contributed by atoms with Gasteiger partial charge in [0, 0.05) is 0 Å². The van der Waals surface area contributed by atoms with E-state index in [1.807, 2.05) is 0 Å². The predicted molar refractivity (Wildman–Crippen MR) is 43.6 cm³/mol. The van der Waals surface area contributed by atoms with Crippen molar-refractivity contribution in [3.8, 4) is 0 Å². The highest BCUT2D eigenvalue weighted by molar-refractivity contribution is 4.86. The zero-order chi connectivity index (χ0) is 6.81. The predicted octanol–water partition coefficient (Wildman–Crippen LogP) is 3.18. The van der Waals surface area contributed by atoms with E-state index in [2.05, 4.69) is 6.42 Å². The molecule has 0 amide bonds. The van der Waals surface area contributed by atoms with E-state index >= 15 is 0 Å². The molecule has 0 heterocycles. The number of hydrogen-bond donors (Lipinski definition) is 0. The highest BCUT2D eigenvalue weighted by atomic mass is 14.3. The van der Waals surface area contributed by atoms with Gasteiger partial charge in [-0.15, -0.1) is 0 Å². The Morgan fingerprint density at radius 1 is 1.00 bits per heavy atom. The van der Waals surface area contributed by atoms with Crippen molar-refractivity contribution < 1.29 is 0 Å². The molecule has 0 bridgehead atoms. The van der Waals surface area contributed by atoms with Gasteiger partial charge in [0.1, 0.15) is 0 Å². The molecule has 2 aliphatic rings. The zero-order valence-electron chi connectivity index (χ0n) is 6.68. The van der Waals surface area contributed by atoms with Gasteiger partial charge in [-0.2, -0.15) is 0 Å². The van der Waals surface area contributed by atoms with Crippen molar-refractivity contribution in [3.63, 3.8) is 0 Å². The van der Waals surface area contributed by atoms with Crippen LogP contribution in [0.1, 0.15) is 44.9 Å². The van der Waals surface area contributed by atoms with Crippen molar-refractivity contribution in [1.29, 1.82) is 0 Å². The standard InChI is InChI=1S/C10H17/c1-3-9(4-1)7-8-10-5-2-6-10/h7,9-10H,1-6,8H2. The summed E-state index contributed by atoms with van der Waals surface area (Å²) in [6, 6.07) is 0. The molecule has 10 heavy (non-hydrogen) atoms. The molecule has 0 aromatic heterocycles. The molecule has 0 saturated heterocycles. The van der Waals surface area contributed by atoms with Crippen LogP contribution in [0.4, 0.5) is 0 Å². The maximum Gasteiger partial charge on any atom is -0.0352 e. The summed E-state index contributed by atoms with van der Waals surface area (Å²) in [6.45, 7) is 0. The Labute approximate surface area is 64.0 Å². The molecule has 0 spiro atoms. The monoisotopic (exact) mass is 137 g/mol. The Morgan fingerprint density at radius 2 is 1.70 bits per heavy atom. The Bertz CT molecular complexity index is 84.6. The second-order valence-electron chi connectivity index (χ2n) is 3.96. The second-order valence-corrected chi connectivity index (χ2v) is 3.96. The zero-order valence-corrected chi connectivity index (χ0v) is 6.68. The van der Waals surface area contributed by atoms with Gasteiger partial charge in [-0.3, -0.25) is 0 Å². The summed E-state index contributed by atoms with van der Waals surface area (Å²) in [5.41, 5.74) is 0. The van der Waals surface area contributed by atoms with E-state index in [0.29, 0.717) is 0 Å². The van der Waals surface area contributed by atoms with E-state index in [9.17, 15) is 0 Å². The van der Waals surface area contributed by atoms with Crippen LogP contribution in [0.15, 0.2) is 0 Å². The smallest absolute Gasteiger partial charge is 0.0352 e. The van der Waals surface area contributed by atoms with E-state index in [1.165, 1.54) is 44.9 Å². The Kier molecular flexibility index (Phi) is 1.97. The molecule has 57 valence electrons. The summed E-state index contributed by atoms with van der Waals surface area (Å²) in [5.74, 6) is 2.13. The molecule has 0 atom stereocenters. The van der Waals surface area contributed by atoms with E-state index < -0.39 is 0 Å². The summed E-state index contributed by atoms with van der Waals surface area (Å²) in [6.07, 6.45) is 13.0. The highest BCUT2D eigenvalue weighted by Crippen LogP contribution is 2.36. The van der Waals surface area contributed by atoms with Crippen molar-refractivity contribution in [2.75, 3.05) is 0 Å². The summed E-state index contributed by atoms with van der Waals surface area (Å²) in [5, 5.41) is 0. The van der Waals surface area contributed by atoms with E-state index in [1.54, 1.807) is 0 Å². The summed E-state index contributed by atoms with van der Waals surface area (Å²) in [4.78, 5) is 0. The SMILES string of the molecule is [CH](CC1CCC1)C1CCC1. The van der Waals surface area contributed by atoms with Crippen LogP contribution in [0.25, 0.3) is 0 Å². The maximum atomic E-state index is 2.59. The Hall–Kier alpha value is 0. The van der Waals surface area contributed by atoms with Crippen molar-refractivity contribution in [3.05, 3.63) is 6.42 Å². The molecule has 2 saturated carbocycles. The van der Waals surface area contributed by atoms with Crippen molar-refractivity contribution >= 4 is 0 Å². The van der Waals surface area contributed by atoms with Crippen LogP contribution in [0.3, 0.4) is 0 Å². The van der Waals surface area contributed by atoms with Crippen molar-refractivity contribution in [2.24, 2.45) is 11.8 Å². The van der Waals surface area contributed by atoms with Crippen molar-refractivity contribution in [1.82, 2.24) is 0 Å². The van der Waals surface area contributed by atoms with Gasteiger partial charge in [0.25, 0.3) is 0 Å². The molecular formula is C10H17. The summed E-state index contributed by atoms with van der Waals surface area (Å²) < 4.78 is 0. The summed E-state index contributed by atoms with van der Waals surface area (Å²) >= 11 is 0. The largest absolute Gasteiger partial charge is 0.0528 e. The third-order valence-corrected chi connectivity index (χ3v) is 3.18. The molecule has 0 aromatic carbocycles. The van der Waals surface area contributed by atoms with Gasteiger partial charge in [0.2, 0.25) is 0 Å². The fourth-order valence-corrected chi connectivity index (χ4v) is 1.79. The lowest BCUT2D eigenvalue weighted by atomic mass is 9.76. The lowest BCUT2D eigenvalue weighted by Crippen LogP contribution is -2.17. The molecule has 0 aromatic rings. The topological polar surface area (TPSA) is 0 Å². The van der Waals surface area contributed by atoms with Gasteiger partial charge in [-0.05, 0) is 24.7 Å². The minimum absolute atomic E-state index is 1.03. The fraction of sp³-hybridized carbons (Fsp3) is 0.900. The van der Waals surface area contributed by atoms with Gasteiger partial charge in [-0.1, -0.05) is 38.5 Å². The van der Waals surface area contributed by atoms with Crippen LogP contribution < -0.4 is 0 Å². The normalized spacial score (nSPS) is 27.6. The molecule has 2 aliphatic carbocycles. The molecule has 0 aliphatic heterocycles. The Morgan fingerprint density at radius 3 is 2.10 bits per heavy atom. The third kappa shape index (κ3) is 1.36. The molecule has 0 N–H and O–H groups in total. The molecule has 2 rings (SSSR count). The molecule has 0 unspecified atom stereocenters.